The first-order valence-electron chi connectivity index (χ1n) is 10.3. The van der Waals surface area contributed by atoms with Crippen molar-refractivity contribution >= 4 is 23.3 Å². The molecule has 0 spiro atoms. The molecule has 0 aliphatic carbocycles. The van der Waals surface area contributed by atoms with Crippen LogP contribution in [0.1, 0.15) is 24.8 Å². The van der Waals surface area contributed by atoms with Gasteiger partial charge in [0.15, 0.2) is 0 Å². The van der Waals surface area contributed by atoms with Gasteiger partial charge in [-0.05, 0) is 67.3 Å². The Morgan fingerprint density at radius 2 is 1.77 bits per heavy atom. The second-order valence-corrected chi connectivity index (χ2v) is 7.27. The average molecular weight is 428 g/mol. The van der Waals surface area contributed by atoms with Gasteiger partial charge in [0.05, 0.1) is 20.3 Å². The largest absolute Gasteiger partial charge is 0.497 e. The van der Waals surface area contributed by atoms with E-state index in [2.05, 4.69) is 16.0 Å². The Morgan fingerprint density at radius 1 is 1.03 bits per heavy atom. The Morgan fingerprint density at radius 3 is 2.42 bits per heavy atom. The molecule has 3 N–H and O–H groups in total. The van der Waals surface area contributed by atoms with E-state index in [1.54, 1.807) is 38.5 Å². The average Bonchev–Trinajstić information content (AvgIpc) is 3.31. The highest BCUT2D eigenvalue weighted by Gasteiger charge is 2.16. The molecular weight excluding hydrogens is 398 g/mol. The predicted octanol–water partition coefficient (Wildman–Crippen LogP) is 3.58. The molecule has 0 aromatic heterocycles. The van der Waals surface area contributed by atoms with Crippen molar-refractivity contribution in [2.75, 3.05) is 38.0 Å². The van der Waals surface area contributed by atoms with Gasteiger partial charge in [0.2, 0.25) is 5.91 Å². The Kier molecular flexibility index (Phi) is 8.12. The van der Waals surface area contributed by atoms with E-state index in [0.717, 1.165) is 36.5 Å². The lowest BCUT2D eigenvalue weighted by Gasteiger charge is -2.12. The second kappa shape index (κ2) is 11.2. The van der Waals surface area contributed by atoms with Gasteiger partial charge in [0.1, 0.15) is 11.5 Å². The van der Waals surface area contributed by atoms with Crippen molar-refractivity contribution < 1.29 is 23.8 Å². The van der Waals surface area contributed by atoms with Crippen LogP contribution in [0.15, 0.2) is 42.5 Å². The molecule has 1 heterocycles. The number of aryl methyl sites for hydroxylation is 1. The Balaban J connectivity index is 1.45. The van der Waals surface area contributed by atoms with Gasteiger partial charge < -0.3 is 30.2 Å². The summed E-state index contributed by atoms with van der Waals surface area (Å²) < 4.78 is 16.1. The Hall–Kier alpha value is -3.26. The zero-order valence-corrected chi connectivity index (χ0v) is 17.9. The lowest BCUT2D eigenvalue weighted by molar-refractivity contribution is -0.116. The SMILES string of the molecule is COc1ccc(OC)c(CCC(=O)Nc2ccc(NC(=O)NCC3CCCO3)cc2)c1. The zero-order valence-electron chi connectivity index (χ0n) is 17.9. The number of anilines is 2. The van der Waals surface area contributed by atoms with Crippen molar-refractivity contribution in [1.29, 1.82) is 0 Å². The number of methoxy groups -OCH3 is 2. The fourth-order valence-electron chi connectivity index (χ4n) is 3.37. The molecule has 1 unspecified atom stereocenters. The van der Waals surface area contributed by atoms with E-state index < -0.39 is 0 Å². The molecule has 3 amide bonds. The summed E-state index contributed by atoms with van der Waals surface area (Å²) in [6.45, 7) is 1.26. The van der Waals surface area contributed by atoms with Gasteiger partial charge >= 0.3 is 6.03 Å². The van der Waals surface area contributed by atoms with Crippen LogP contribution in [0.2, 0.25) is 0 Å². The zero-order chi connectivity index (χ0) is 22.1. The van der Waals surface area contributed by atoms with Crippen LogP contribution in [0.3, 0.4) is 0 Å². The van der Waals surface area contributed by atoms with Crippen LogP contribution in [0, 0.1) is 0 Å². The van der Waals surface area contributed by atoms with Crippen molar-refractivity contribution in [1.82, 2.24) is 5.32 Å². The van der Waals surface area contributed by atoms with Crippen molar-refractivity contribution in [2.45, 2.75) is 31.8 Å². The summed E-state index contributed by atoms with van der Waals surface area (Å²) in [5, 5.41) is 8.44. The van der Waals surface area contributed by atoms with Crippen LogP contribution in [0.4, 0.5) is 16.2 Å². The molecule has 3 rings (SSSR count). The van der Waals surface area contributed by atoms with E-state index in [4.69, 9.17) is 14.2 Å². The molecule has 31 heavy (non-hydrogen) atoms. The maximum Gasteiger partial charge on any atom is 0.319 e. The van der Waals surface area contributed by atoms with Gasteiger partial charge in [-0.25, -0.2) is 4.79 Å². The number of hydrogen-bond donors (Lipinski definition) is 3. The highest BCUT2D eigenvalue weighted by molar-refractivity contribution is 5.92. The molecule has 166 valence electrons. The van der Waals surface area contributed by atoms with Gasteiger partial charge in [0.25, 0.3) is 0 Å². The molecule has 1 aliphatic heterocycles. The lowest BCUT2D eigenvalue weighted by Crippen LogP contribution is -2.35. The molecule has 1 fully saturated rings. The van der Waals surface area contributed by atoms with Crippen LogP contribution in [-0.2, 0) is 16.0 Å². The number of carbonyl (C=O) groups excluding carboxylic acids is 2. The third-order valence-electron chi connectivity index (χ3n) is 5.05. The number of amides is 3. The molecule has 0 radical (unpaired) electrons. The summed E-state index contributed by atoms with van der Waals surface area (Å²) in [4.78, 5) is 24.3. The summed E-state index contributed by atoms with van der Waals surface area (Å²) in [6.07, 6.45) is 2.93. The molecule has 1 aliphatic rings. The molecule has 8 nitrogen and oxygen atoms in total. The van der Waals surface area contributed by atoms with E-state index >= 15 is 0 Å². The molecule has 2 aromatic carbocycles. The Labute approximate surface area is 182 Å². The number of rotatable bonds is 9. The van der Waals surface area contributed by atoms with Crippen LogP contribution in [0.25, 0.3) is 0 Å². The van der Waals surface area contributed by atoms with Gasteiger partial charge in [-0.15, -0.1) is 0 Å². The number of urea groups is 1. The summed E-state index contributed by atoms with van der Waals surface area (Å²) in [6, 6.07) is 12.2. The smallest absolute Gasteiger partial charge is 0.319 e. The van der Waals surface area contributed by atoms with E-state index in [9.17, 15) is 9.59 Å². The first-order valence-corrected chi connectivity index (χ1v) is 10.3. The molecule has 0 saturated carbocycles. The van der Waals surface area contributed by atoms with Gasteiger partial charge in [-0.2, -0.15) is 0 Å². The first kappa shape index (κ1) is 22.4. The molecule has 1 atom stereocenters. The number of hydrogen-bond acceptors (Lipinski definition) is 5. The van der Waals surface area contributed by atoms with Crippen LogP contribution in [-0.4, -0.2) is 45.4 Å². The van der Waals surface area contributed by atoms with E-state index in [1.165, 1.54) is 0 Å². The summed E-state index contributed by atoms with van der Waals surface area (Å²) in [7, 11) is 3.20. The molecule has 1 saturated heterocycles. The van der Waals surface area contributed by atoms with Crippen molar-refractivity contribution in [2.24, 2.45) is 0 Å². The van der Waals surface area contributed by atoms with E-state index in [0.29, 0.717) is 30.8 Å². The quantitative estimate of drug-likeness (QED) is 0.568. The maximum atomic E-state index is 12.3. The first-order chi connectivity index (χ1) is 15.1. The topological polar surface area (TPSA) is 97.9 Å². The van der Waals surface area contributed by atoms with Gasteiger partial charge in [-0.3, -0.25) is 4.79 Å². The van der Waals surface area contributed by atoms with Crippen LogP contribution >= 0.6 is 0 Å². The molecule has 0 bridgehead atoms. The van der Waals surface area contributed by atoms with Crippen molar-refractivity contribution in [3.05, 3.63) is 48.0 Å². The van der Waals surface area contributed by atoms with Gasteiger partial charge in [-0.1, -0.05) is 0 Å². The predicted molar refractivity (Wildman–Crippen MR) is 119 cm³/mol. The molecule has 8 heteroatoms. The fraction of sp³-hybridized carbons (Fsp3) is 0.391. The lowest BCUT2D eigenvalue weighted by atomic mass is 10.1. The highest BCUT2D eigenvalue weighted by atomic mass is 16.5. The normalized spacial score (nSPS) is 15.2. The van der Waals surface area contributed by atoms with E-state index in [-0.39, 0.29) is 18.0 Å². The standard InChI is InChI=1S/C23H29N3O5/c1-29-19-10-11-21(30-2)16(14-19)5-12-22(27)25-17-6-8-18(9-7-17)26-23(28)24-15-20-4-3-13-31-20/h6-11,14,20H,3-5,12-13,15H2,1-2H3,(H,25,27)(H2,24,26,28). The number of benzene rings is 2. The number of carbonyl (C=O) groups is 2. The maximum absolute atomic E-state index is 12.3. The minimum atomic E-state index is -0.278. The fourth-order valence-corrected chi connectivity index (χ4v) is 3.37. The molecular formula is C23H29N3O5. The summed E-state index contributed by atoms with van der Waals surface area (Å²) >= 11 is 0. The third kappa shape index (κ3) is 6.89. The van der Waals surface area contributed by atoms with E-state index in [1.807, 2.05) is 18.2 Å². The monoisotopic (exact) mass is 427 g/mol. The number of nitrogens with one attached hydrogen (secondary N) is 3. The second-order valence-electron chi connectivity index (χ2n) is 7.27. The molecule has 2 aromatic rings. The minimum Gasteiger partial charge on any atom is -0.497 e. The van der Waals surface area contributed by atoms with Crippen molar-refractivity contribution in [3.63, 3.8) is 0 Å². The number of ether oxygens (including phenoxy) is 3. The van der Waals surface area contributed by atoms with Crippen LogP contribution < -0.4 is 25.4 Å². The van der Waals surface area contributed by atoms with Crippen molar-refractivity contribution in [3.8, 4) is 11.5 Å². The highest BCUT2D eigenvalue weighted by Crippen LogP contribution is 2.25. The van der Waals surface area contributed by atoms with Gasteiger partial charge in [0, 0.05) is 30.9 Å². The third-order valence-corrected chi connectivity index (χ3v) is 5.05. The summed E-state index contributed by atoms with van der Waals surface area (Å²) in [5.41, 5.74) is 2.21. The summed E-state index contributed by atoms with van der Waals surface area (Å²) in [5.74, 6) is 1.33. The van der Waals surface area contributed by atoms with Crippen LogP contribution in [0.5, 0.6) is 11.5 Å². The Bertz CT molecular complexity index is 879. The minimum absolute atomic E-state index is 0.0975.